The summed E-state index contributed by atoms with van der Waals surface area (Å²) in [5.74, 6) is -0.787. The van der Waals surface area contributed by atoms with Crippen molar-refractivity contribution in [1.29, 1.82) is 0 Å². The number of hydrogen-bond donors (Lipinski definition) is 0. The van der Waals surface area contributed by atoms with Gasteiger partial charge in [0.2, 0.25) is 0 Å². The molecule has 0 saturated carbocycles. The molecule has 9 heteroatoms. The third-order valence-corrected chi connectivity index (χ3v) is 4.61. The maximum atomic E-state index is 13.4. The number of ether oxygens (including phenoxy) is 1. The Morgan fingerprint density at radius 2 is 1.70 bits per heavy atom. The average Bonchev–Trinajstić information content (AvgIpc) is 3.14. The second-order valence-electron chi connectivity index (χ2n) is 6.49. The maximum absolute atomic E-state index is 13.4. The summed E-state index contributed by atoms with van der Waals surface area (Å²) >= 11 is 0. The topological polar surface area (TPSA) is 49.0 Å². The largest absolute Gasteiger partial charge is 0.573 e. The van der Waals surface area contributed by atoms with Gasteiger partial charge in [-0.3, -0.25) is 14.0 Å². The molecular weight excluding hydrogens is 402 g/mol. The first kappa shape index (κ1) is 19.7. The van der Waals surface area contributed by atoms with Crippen molar-refractivity contribution in [2.75, 3.05) is 0 Å². The van der Waals surface area contributed by atoms with E-state index in [9.17, 15) is 22.4 Å². The Bertz CT molecular complexity index is 1260. The normalized spacial score (nSPS) is 11.8. The van der Waals surface area contributed by atoms with Crippen LogP contribution in [0.25, 0.3) is 27.7 Å². The van der Waals surface area contributed by atoms with Crippen LogP contribution in [0.3, 0.4) is 0 Å². The summed E-state index contributed by atoms with van der Waals surface area (Å²) in [7, 11) is 0. The van der Waals surface area contributed by atoms with Gasteiger partial charge in [0.15, 0.2) is 0 Å². The van der Waals surface area contributed by atoms with Gasteiger partial charge >= 0.3 is 6.36 Å². The fourth-order valence-electron chi connectivity index (χ4n) is 3.29. The fourth-order valence-corrected chi connectivity index (χ4v) is 3.29. The lowest BCUT2D eigenvalue weighted by Gasteiger charge is -2.13. The molecule has 0 aliphatic carbocycles. The lowest BCUT2D eigenvalue weighted by molar-refractivity contribution is -0.274. The van der Waals surface area contributed by atoms with Crippen LogP contribution < -0.4 is 10.3 Å². The number of halogens is 4. The zero-order valence-electron chi connectivity index (χ0n) is 15.7. The quantitative estimate of drug-likeness (QED) is 0.443. The van der Waals surface area contributed by atoms with Crippen molar-refractivity contribution >= 4 is 10.9 Å². The number of pyridine rings is 1. The van der Waals surface area contributed by atoms with Gasteiger partial charge < -0.3 is 4.74 Å². The average molecular weight is 417 g/mol. The van der Waals surface area contributed by atoms with Gasteiger partial charge in [-0.1, -0.05) is 12.1 Å². The molecule has 2 aromatic carbocycles. The Morgan fingerprint density at radius 1 is 1.03 bits per heavy atom. The number of fused-ring (bicyclic) bond motifs is 1. The van der Waals surface area contributed by atoms with Gasteiger partial charge in [-0.25, -0.2) is 4.39 Å². The molecular formula is C21H15F4N3O2. The Balaban J connectivity index is 1.90. The smallest absolute Gasteiger partial charge is 0.406 e. The predicted octanol–water partition coefficient (Wildman–Crippen LogP) is 4.91. The number of nitrogens with zero attached hydrogens (tertiary/aromatic N) is 3. The zero-order valence-corrected chi connectivity index (χ0v) is 15.7. The van der Waals surface area contributed by atoms with Crippen molar-refractivity contribution in [1.82, 2.24) is 14.3 Å². The molecule has 154 valence electrons. The molecule has 0 aliphatic heterocycles. The summed E-state index contributed by atoms with van der Waals surface area (Å²) in [6, 6.07) is 10.8. The molecule has 5 nitrogen and oxygen atoms in total. The first-order valence-corrected chi connectivity index (χ1v) is 9.00. The highest BCUT2D eigenvalue weighted by Crippen LogP contribution is 2.29. The Hall–Kier alpha value is -3.62. The molecule has 0 N–H and O–H groups in total. The van der Waals surface area contributed by atoms with E-state index in [1.54, 1.807) is 23.0 Å². The third-order valence-electron chi connectivity index (χ3n) is 4.61. The standard InChI is InChI=1S/C21H15F4N3O2/c1-2-28-19-17(11-26-28)20(29)27(12-18(19)13-3-5-14(22)6-4-13)15-7-9-16(10-8-15)30-21(23,24)25/h3-12H,2H2,1H3. The van der Waals surface area contributed by atoms with E-state index in [4.69, 9.17) is 0 Å². The van der Waals surface area contributed by atoms with Crippen LogP contribution in [0.2, 0.25) is 0 Å². The molecule has 30 heavy (non-hydrogen) atoms. The summed E-state index contributed by atoms with van der Waals surface area (Å²) in [5, 5.41) is 4.59. The van der Waals surface area contributed by atoms with Crippen molar-refractivity contribution < 1.29 is 22.3 Å². The summed E-state index contributed by atoms with van der Waals surface area (Å²) in [6.45, 7) is 2.40. The van der Waals surface area contributed by atoms with Gasteiger partial charge in [-0.05, 0) is 48.9 Å². The summed E-state index contributed by atoms with van der Waals surface area (Å²) in [4.78, 5) is 13.0. The van der Waals surface area contributed by atoms with Crippen molar-refractivity contribution in [3.05, 3.63) is 77.1 Å². The van der Waals surface area contributed by atoms with E-state index in [-0.39, 0.29) is 5.56 Å². The van der Waals surface area contributed by atoms with E-state index in [2.05, 4.69) is 9.84 Å². The van der Waals surface area contributed by atoms with Gasteiger partial charge in [-0.15, -0.1) is 13.2 Å². The Morgan fingerprint density at radius 3 is 2.30 bits per heavy atom. The van der Waals surface area contributed by atoms with E-state index in [1.165, 1.54) is 35.0 Å². The molecule has 0 radical (unpaired) electrons. The highest BCUT2D eigenvalue weighted by atomic mass is 19.4. The highest BCUT2D eigenvalue weighted by Gasteiger charge is 2.31. The maximum Gasteiger partial charge on any atom is 0.573 e. The molecule has 4 rings (SSSR count). The number of alkyl halides is 3. The lowest BCUT2D eigenvalue weighted by atomic mass is 10.0. The van der Waals surface area contributed by atoms with Crippen molar-refractivity contribution in [3.8, 4) is 22.6 Å². The fraction of sp³-hybridized carbons (Fsp3) is 0.143. The zero-order chi connectivity index (χ0) is 21.5. The second kappa shape index (κ2) is 7.33. The summed E-state index contributed by atoms with van der Waals surface area (Å²) < 4.78 is 57.5. The Labute approximate surface area is 167 Å². The Kier molecular flexibility index (Phi) is 4.81. The van der Waals surface area contributed by atoms with E-state index in [0.29, 0.717) is 34.3 Å². The van der Waals surface area contributed by atoms with Gasteiger partial charge in [-0.2, -0.15) is 5.10 Å². The van der Waals surface area contributed by atoms with Crippen LogP contribution in [0, 0.1) is 5.82 Å². The molecule has 0 atom stereocenters. The molecule has 0 saturated heterocycles. The predicted molar refractivity (Wildman–Crippen MR) is 103 cm³/mol. The van der Waals surface area contributed by atoms with Crippen LogP contribution in [0.1, 0.15) is 6.92 Å². The van der Waals surface area contributed by atoms with Gasteiger partial charge in [0.1, 0.15) is 11.6 Å². The van der Waals surface area contributed by atoms with Gasteiger partial charge in [0, 0.05) is 24.0 Å². The minimum atomic E-state index is -4.80. The van der Waals surface area contributed by atoms with Crippen molar-refractivity contribution in [3.63, 3.8) is 0 Å². The lowest BCUT2D eigenvalue weighted by Crippen LogP contribution is -2.19. The van der Waals surface area contributed by atoms with E-state index < -0.39 is 17.9 Å². The number of aryl methyl sites for hydroxylation is 1. The van der Waals surface area contributed by atoms with Gasteiger partial charge in [0.05, 0.1) is 17.1 Å². The number of hydrogen-bond acceptors (Lipinski definition) is 3. The molecule has 2 heterocycles. The van der Waals surface area contributed by atoms with Crippen molar-refractivity contribution in [2.24, 2.45) is 0 Å². The molecule has 0 bridgehead atoms. The molecule has 0 aliphatic rings. The second-order valence-corrected chi connectivity index (χ2v) is 6.49. The summed E-state index contributed by atoms with van der Waals surface area (Å²) in [5.41, 5.74) is 1.88. The summed E-state index contributed by atoms with van der Waals surface area (Å²) in [6.07, 6.45) is -1.78. The highest BCUT2D eigenvalue weighted by molar-refractivity contribution is 5.93. The molecule has 0 fully saturated rings. The molecule has 0 amide bonds. The number of rotatable bonds is 4. The molecule has 2 aromatic heterocycles. The van der Waals surface area contributed by atoms with Crippen LogP contribution in [0.15, 0.2) is 65.7 Å². The van der Waals surface area contributed by atoms with Crippen LogP contribution in [0.4, 0.5) is 17.6 Å². The van der Waals surface area contributed by atoms with Crippen LogP contribution in [0.5, 0.6) is 5.75 Å². The first-order chi connectivity index (χ1) is 14.3. The van der Waals surface area contributed by atoms with Gasteiger partial charge in [0.25, 0.3) is 5.56 Å². The minimum absolute atomic E-state index is 0.342. The van der Waals surface area contributed by atoms with Crippen molar-refractivity contribution in [2.45, 2.75) is 19.8 Å². The minimum Gasteiger partial charge on any atom is -0.406 e. The van der Waals surface area contributed by atoms with Crippen LogP contribution in [-0.2, 0) is 6.54 Å². The number of benzene rings is 2. The van der Waals surface area contributed by atoms with Crippen LogP contribution in [-0.4, -0.2) is 20.7 Å². The van der Waals surface area contributed by atoms with E-state index in [0.717, 1.165) is 12.1 Å². The molecule has 0 spiro atoms. The van der Waals surface area contributed by atoms with E-state index in [1.807, 2.05) is 6.92 Å². The number of aromatic nitrogens is 3. The van der Waals surface area contributed by atoms with Crippen LogP contribution >= 0.6 is 0 Å². The first-order valence-electron chi connectivity index (χ1n) is 9.00. The SMILES string of the molecule is CCn1ncc2c(=O)n(-c3ccc(OC(F)(F)F)cc3)cc(-c3ccc(F)cc3)c21. The third kappa shape index (κ3) is 3.66. The monoisotopic (exact) mass is 417 g/mol. The van der Waals surface area contributed by atoms with E-state index >= 15 is 0 Å². The molecule has 4 aromatic rings. The molecule has 0 unspecified atom stereocenters.